The zero-order valence-corrected chi connectivity index (χ0v) is 14.3. The first-order valence-corrected chi connectivity index (χ1v) is 8.38. The van der Waals surface area contributed by atoms with Crippen LogP contribution in [0.25, 0.3) is 0 Å². The third-order valence-corrected chi connectivity index (χ3v) is 4.01. The first-order chi connectivity index (χ1) is 11.5. The molecular weight excluding hydrogens is 310 g/mol. The van der Waals surface area contributed by atoms with Gasteiger partial charge >= 0.3 is 0 Å². The number of carbonyl (C=O) groups is 1. The molecule has 2 rings (SSSR count). The molecule has 132 valence electrons. The van der Waals surface area contributed by atoms with E-state index in [4.69, 9.17) is 4.74 Å². The molecule has 7 nitrogen and oxygen atoms in total. The molecule has 0 saturated carbocycles. The van der Waals surface area contributed by atoms with Crippen LogP contribution in [0.1, 0.15) is 37.0 Å². The summed E-state index contributed by atoms with van der Waals surface area (Å²) in [6.45, 7) is 7.01. The Morgan fingerprint density at radius 2 is 2.08 bits per heavy atom. The molecule has 0 bridgehead atoms. The average molecular weight is 335 g/mol. The lowest BCUT2D eigenvalue weighted by Gasteiger charge is -2.26. The fourth-order valence-electron chi connectivity index (χ4n) is 2.65. The highest BCUT2D eigenvalue weighted by molar-refractivity contribution is 5.95. The van der Waals surface area contributed by atoms with Gasteiger partial charge in [-0.05, 0) is 30.9 Å². The van der Waals surface area contributed by atoms with E-state index in [2.05, 4.69) is 19.2 Å². The van der Waals surface area contributed by atoms with Gasteiger partial charge in [-0.3, -0.25) is 14.9 Å². The van der Waals surface area contributed by atoms with E-state index in [9.17, 15) is 14.9 Å². The van der Waals surface area contributed by atoms with Crippen molar-refractivity contribution in [1.29, 1.82) is 0 Å². The molecular formula is C17H25N3O4. The molecule has 24 heavy (non-hydrogen) atoms. The van der Waals surface area contributed by atoms with Crippen LogP contribution in [-0.4, -0.2) is 48.6 Å². The van der Waals surface area contributed by atoms with Crippen LogP contribution in [0.4, 0.5) is 11.4 Å². The van der Waals surface area contributed by atoms with Crippen molar-refractivity contribution in [2.45, 2.75) is 26.7 Å². The summed E-state index contributed by atoms with van der Waals surface area (Å²) in [6.07, 6.45) is 2.01. The number of nitro benzene ring substituents is 1. The molecule has 1 aromatic rings. The quantitative estimate of drug-likeness (QED) is 0.470. The van der Waals surface area contributed by atoms with Crippen molar-refractivity contribution in [3.05, 3.63) is 33.9 Å². The number of hydrogen-bond acceptors (Lipinski definition) is 5. The van der Waals surface area contributed by atoms with Crippen molar-refractivity contribution in [2.75, 3.05) is 38.2 Å². The van der Waals surface area contributed by atoms with Crippen LogP contribution in [-0.2, 0) is 4.74 Å². The molecule has 1 heterocycles. The zero-order chi connectivity index (χ0) is 17.5. The number of amides is 1. The first-order valence-electron chi connectivity index (χ1n) is 8.38. The molecule has 0 atom stereocenters. The van der Waals surface area contributed by atoms with Gasteiger partial charge in [-0.15, -0.1) is 0 Å². The molecule has 1 fully saturated rings. The van der Waals surface area contributed by atoms with Gasteiger partial charge in [0.2, 0.25) is 0 Å². The Bertz CT molecular complexity index is 583. The number of hydrogen-bond donors (Lipinski definition) is 1. The van der Waals surface area contributed by atoms with Gasteiger partial charge in [0.25, 0.3) is 11.6 Å². The molecule has 0 radical (unpaired) electrons. The van der Waals surface area contributed by atoms with E-state index in [1.54, 1.807) is 17.0 Å². The lowest BCUT2D eigenvalue weighted by atomic mass is 10.1. The van der Waals surface area contributed by atoms with Gasteiger partial charge in [-0.25, -0.2) is 0 Å². The van der Waals surface area contributed by atoms with Gasteiger partial charge in [-0.1, -0.05) is 13.8 Å². The molecule has 0 unspecified atom stereocenters. The van der Waals surface area contributed by atoms with E-state index in [0.717, 1.165) is 12.8 Å². The predicted molar refractivity (Wildman–Crippen MR) is 92.4 cm³/mol. The monoisotopic (exact) mass is 335 g/mol. The van der Waals surface area contributed by atoms with Crippen LogP contribution in [0.3, 0.4) is 0 Å². The summed E-state index contributed by atoms with van der Waals surface area (Å²) < 4.78 is 5.23. The Balaban J connectivity index is 2.08. The highest BCUT2D eigenvalue weighted by Gasteiger charge is 2.22. The minimum atomic E-state index is -0.444. The van der Waals surface area contributed by atoms with Gasteiger partial charge in [0, 0.05) is 31.3 Å². The summed E-state index contributed by atoms with van der Waals surface area (Å²) >= 11 is 0. The molecule has 0 aliphatic carbocycles. The van der Waals surface area contributed by atoms with Gasteiger partial charge in [-0.2, -0.15) is 0 Å². The maximum atomic E-state index is 12.4. The van der Waals surface area contributed by atoms with Crippen LogP contribution < -0.4 is 5.32 Å². The molecule has 1 amide bonds. The van der Waals surface area contributed by atoms with Gasteiger partial charge in [0.1, 0.15) is 5.69 Å². The summed E-state index contributed by atoms with van der Waals surface area (Å²) in [4.78, 5) is 25.0. The Kier molecular flexibility index (Phi) is 6.54. The van der Waals surface area contributed by atoms with Gasteiger partial charge in [0.05, 0.1) is 18.1 Å². The number of rotatable bonds is 7. The number of carbonyl (C=O) groups excluding carboxylic acids is 1. The molecule has 1 N–H and O–H groups in total. The Labute approximate surface area is 142 Å². The highest BCUT2D eigenvalue weighted by atomic mass is 16.6. The SMILES string of the molecule is CC(C)CCCNc1ccc(C(=O)N2CCOCC2)cc1[N+](=O)[O-]. The van der Waals surface area contributed by atoms with E-state index < -0.39 is 4.92 Å². The highest BCUT2D eigenvalue weighted by Crippen LogP contribution is 2.26. The number of nitro groups is 1. The first kappa shape index (κ1) is 18.2. The maximum absolute atomic E-state index is 12.4. The molecule has 7 heteroatoms. The number of morpholine rings is 1. The number of anilines is 1. The van der Waals surface area contributed by atoms with Crippen LogP contribution in [0.2, 0.25) is 0 Å². The van der Waals surface area contributed by atoms with Gasteiger partial charge < -0.3 is 15.0 Å². The van der Waals surface area contributed by atoms with E-state index >= 15 is 0 Å². The minimum absolute atomic E-state index is 0.0568. The standard InChI is InChI=1S/C17H25N3O4/c1-13(2)4-3-7-18-15-6-5-14(12-16(15)20(22)23)17(21)19-8-10-24-11-9-19/h5-6,12-13,18H,3-4,7-11H2,1-2H3. The van der Waals surface area contributed by atoms with E-state index in [1.165, 1.54) is 6.07 Å². The maximum Gasteiger partial charge on any atom is 0.293 e. The van der Waals surface area contributed by atoms with E-state index in [-0.39, 0.29) is 11.6 Å². The van der Waals surface area contributed by atoms with Crippen LogP contribution in [0.5, 0.6) is 0 Å². The second-order valence-electron chi connectivity index (χ2n) is 6.36. The van der Waals surface area contributed by atoms with Crippen LogP contribution >= 0.6 is 0 Å². The second-order valence-corrected chi connectivity index (χ2v) is 6.36. The van der Waals surface area contributed by atoms with E-state index in [1.807, 2.05) is 0 Å². The molecule has 1 aliphatic heterocycles. The average Bonchev–Trinajstić information content (AvgIpc) is 2.58. The second kappa shape index (κ2) is 8.63. The fourth-order valence-corrected chi connectivity index (χ4v) is 2.65. The molecule has 1 aromatic carbocycles. The van der Waals surface area contributed by atoms with Crippen molar-refractivity contribution in [1.82, 2.24) is 4.90 Å². The number of nitrogens with zero attached hydrogens (tertiary/aromatic N) is 2. The topological polar surface area (TPSA) is 84.7 Å². The third-order valence-electron chi connectivity index (χ3n) is 4.01. The summed E-state index contributed by atoms with van der Waals surface area (Å²) in [5, 5.41) is 14.4. The summed E-state index contributed by atoms with van der Waals surface area (Å²) in [6, 6.07) is 4.64. The minimum Gasteiger partial charge on any atom is -0.379 e. The molecule has 0 aromatic heterocycles. The number of benzene rings is 1. The van der Waals surface area contributed by atoms with Crippen molar-refractivity contribution >= 4 is 17.3 Å². The van der Waals surface area contributed by atoms with Crippen LogP contribution in [0, 0.1) is 16.0 Å². The Hall–Kier alpha value is -2.15. The van der Waals surface area contributed by atoms with Crippen molar-refractivity contribution in [3.63, 3.8) is 0 Å². The fraction of sp³-hybridized carbons (Fsp3) is 0.588. The summed E-state index contributed by atoms with van der Waals surface area (Å²) in [5.74, 6) is 0.420. The lowest BCUT2D eigenvalue weighted by molar-refractivity contribution is -0.384. The van der Waals surface area contributed by atoms with Gasteiger partial charge in [0.15, 0.2) is 0 Å². The molecule has 0 spiro atoms. The zero-order valence-electron chi connectivity index (χ0n) is 14.3. The normalized spacial score (nSPS) is 14.7. The number of nitrogens with one attached hydrogen (secondary N) is 1. The molecule has 1 saturated heterocycles. The largest absolute Gasteiger partial charge is 0.379 e. The van der Waals surface area contributed by atoms with Crippen molar-refractivity contribution in [3.8, 4) is 0 Å². The Morgan fingerprint density at radius 3 is 2.71 bits per heavy atom. The van der Waals surface area contributed by atoms with Crippen molar-refractivity contribution in [2.24, 2.45) is 5.92 Å². The van der Waals surface area contributed by atoms with Crippen molar-refractivity contribution < 1.29 is 14.5 Å². The smallest absolute Gasteiger partial charge is 0.293 e. The number of ether oxygens (including phenoxy) is 1. The Morgan fingerprint density at radius 1 is 1.38 bits per heavy atom. The lowest BCUT2D eigenvalue weighted by Crippen LogP contribution is -2.40. The molecule has 1 aliphatic rings. The summed E-state index contributed by atoms with van der Waals surface area (Å²) in [5.41, 5.74) is 0.747. The predicted octanol–water partition coefficient (Wildman–Crippen LogP) is 2.92. The summed E-state index contributed by atoms with van der Waals surface area (Å²) in [7, 11) is 0. The van der Waals surface area contributed by atoms with Crippen LogP contribution in [0.15, 0.2) is 18.2 Å². The van der Waals surface area contributed by atoms with E-state index in [0.29, 0.717) is 50.0 Å². The third kappa shape index (κ3) is 4.92.